The Kier molecular flexibility index (Phi) is 11.0. The number of hydrogen-bond acceptors (Lipinski definition) is 6. The lowest BCUT2D eigenvalue weighted by Crippen LogP contribution is -2.12. The van der Waals surface area contributed by atoms with Crippen molar-refractivity contribution in [3.05, 3.63) is 206 Å². The van der Waals surface area contributed by atoms with Crippen LogP contribution < -0.4 is 19.3 Å². The third-order valence-electron chi connectivity index (χ3n) is 9.35. The second-order valence-corrected chi connectivity index (χ2v) is 13.3. The van der Waals surface area contributed by atoms with Crippen molar-refractivity contribution in [1.82, 2.24) is 0 Å². The Morgan fingerprint density at radius 3 is 0.839 bits per heavy atom. The maximum atomic E-state index is 11.6. The van der Waals surface area contributed by atoms with Crippen LogP contribution in [0.15, 0.2) is 195 Å². The average Bonchev–Trinajstić information content (AvgIpc) is 3.24. The van der Waals surface area contributed by atoms with E-state index in [2.05, 4.69) is 158 Å². The number of esters is 2. The summed E-state index contributed by atoms with van der Waals surface area (Å²) in [6.45, 7) is 11.1. The van der Waals surface area contributed by atoms with Gasteiger partial charge in [-0.2, -0.15) is 0 Å². The van der Waals surface area contributed by atoms with Crippen molar-refractivity contribution in [2.75, 3.05) is 9.80 Å². The predicted octanol–water partition coefficient (Wildman–Crippen LogP) is 12.8. The third-order valence-corrected chi connectivity index (χ3v) is 9.35. The predicted molar refractivity (Wildman–Crippen MR) is 228 cm³/mol. The molecule has 0 amide bonds. The number of anilines is 6. The zero-order valence-corrected chi connectivity index (χ0v) is 31.3. The average molecular weight is 733 g/mol. The fourth-order valence-electron chi connectivity index (χ4n) is 6.39. The molecule has 0 aromatic heterocycles. The Morgan fingerprint density at radius 1 is 0.375 bits per heavy atom. The van der Waals surface area contributed by atoms with E-state index in [-0.39, 0.29) is 0 Å². The molecule has 0 aliphatic carbocycles. The van der Waals surface area contributed by atoms with Crippen LogP contribution in [0.3, 0.4) is 0 Å². The number of carbonyl (C=O) groups excluding carboxylic acids is 2. The van der Waals surface area contributed by atoms with Crippen molar-refractivity contribution in [1.29, 1.82) is 0 Å². The highest BCUT2D eigenvalue weighted by Crippen LogP contribution is 2.40. The topological polar surface area (TPSA) is 59.1 Å². The normalized spacial score (nSPS) is 10.6. The second-order valence-electron chi connectivity index (χ2n) is 13.3. The Hall–Kier alpha value is -7.44. The van der Waals surface area contributed by atoms with Gasteiger partial charge in [0.05, 0.1) is 0 Å². The van der Waals surface area contributed by atoms with E-state index < -0.39 is 11.9 Å². The molecule has 7 aromatic rings. The minimum Gasteiger partial charge on any atom is -0.423 e. The Bertz CT molecular complexity index is 2280. The Morgan fingerprint density at radius 2 is 0.589 bits per heavy atom. The van der Waals surface area contributed by atoms with Crippen molar-refractivity contribution in [3.63, 3.8) is 0 Å². The van der Waals surface area contributed by atoms with Crippen LogP contribution in [0.1, 0.15) is 11.1 Å². The van der Waals surface area contributed by atoms with Crippen LogP contribution in [-0.2, 0) is 9.59 Å². The van der Waals surface area contributed by atoms with Crippen LogP contribution in [0.2, 0.25) is 0 Å². The summed E-state index contributed by atoms with van der Waals surface area (Å²) in [5, 5.41) is 0. The third kappa shape index (κ3) is 8.51. The zero-order chi connectivity index (χ0) is 39.0. The van der Waals surface area contributed by atoms with E-state index in [9.17, 15) is 9.59 Å². The van der Waals surface area contributed by atoms with Crippen molar-refractivity contribution in [3.8, 4) is 33.8 Å². The van der Waals surface area contributed by atoms with Gasteiger partial charge in [-0.05, 0) is 133 Å². The quantitative estimate of drug-likeness (QED) is 0.0708. The highest BCUT2D eigenvalue weighted by Gasteiger charge is 2.17. The highest BCUT2D eigenvalue weighted by molar-refractivity contribution is 5.85. The lowest BCUT2D eigenvalue weighted by atomic mass is 10.0. The van der Waals surface area contributed by atoms with E-state index in [0.29, 0.717) is 11.5 Å². The van der Waals surface area contributed by atoms with Crippen LogP contribution in [0, 0.1) is 13.8 Å². The molecule has 6 nitrogen and oxygen atoms in total. The smallest absolute Gasteiger partial charge is 0.335 e. The number of rotatable bonds is 12. The number of nitrogens with zero attached hydrogens (tertiary/aromatic N) is 2. The highest BCUT2D eigenvalue weighted by atomic mass is 16.5. The van der Waals surface area contributed by atoms with Crippen LogP contribution in [0.4, 0.5) is 34.1 Å². The first-order chi connectivity index (χ1) is 27.3. The van der Waals surface area contributed by atoms with Gasteiger partial charge >= 0.3 is 11.9 Å². The second kappa shape index (κ2) is 16.7. The molecule has 6 heteroatoms. The van der Waals surface area contributed by atoms with Crippen LogP contribution >= 0.6 is 0 Å². The minimum absolute atomic E-state index is 0.472. The molecule has 7 aromatic carbocycles. The van der Waals surface area contributed by atoms with Crippen LogP contribution in [0.25, 0.3) is 22.3 Å². The van der Waals surface area contributed by atoms with Gasteiger partial charge in [0.25, 0.3) is 0 Å². The van der Waals surface area contributed by atoms with Gasteiger partial charge in [0.15, 0.2) is 0 Å². The number of aryl methyl sites for hydroxylation is 2. The van der Waals surface area contributed by atoms with Gasteiger partial charge in [0.2, 0.25) is 0 Å². The summed E-state index contributed by atoms with van der Waals surface area (Å²) < 4.78 is 10.5. The Labute approximate surface area is 327 Å². The maximum absolute atomic E-state index is 11.6. The first-order valence-corrected chi connectivity index (χ1v) is 18.2. The van der Waals surface area contributed by atoms with Crippen LogP contribution in [-0.4, -0.2) is 11.9 Å². The van der Waals surface area contributed by atoms with Gasteiger partial charge in [0, 0.05) is 46.3 Å². The molecule has 7 rings (SSSR count). The molecule has 0 saturated carbocycles. The van der Waals surface area contributed by atoms with Crippen molar-refractivity contribution in [2.45, 2.75) is 13.8 Å². The van der Waals surface area contributed by atoms with Gasteiger partial charge < -0.3 is 19.3 Å². The lowest BCUT2D eigenvalue weighted by Gasteiger charge is -2.28. The summed E-state index contributed by atoms with van der Waals surface area (Å²) in [5.74, 6) is -0.0308. The largest absolute Gasteiger partial charge is 0.423 e. The van der Waals surface area contributed by atoms with E-state index in [0.717, 1.165) is 68.5 Å². The summed E-state index contributed by atoms with van der Waals surface area (Å²) in [6.07, 6.45) is 2.30. The van der Waals surface area contributed by atoms with Crippen molar-refractivity contribution in [2.24, 2.45) is 0 Å². The molecule has 0 radical (unpaired) electrons. The molecule has 0 bridgehead atoms. The summed E-state index contributed by atoms with van der Waals surface area (Å²) >= 11 is 0. The molecule has 0 aliphatic heterocycles. The summed E-state index contributed by atoms with van der Waals surface area (Å²) in [7, 11) is 0. The maximum Gasteiger partial charge on any atom is 0.335 e. The molecule has 0 saturated heterocycles. The van der Waals surface area contributed by atoms with Crippen LogP contribution in [0.5, 0.6) is 11.5 Å². The molecule has 274 valence electrons. The first-order valence-electron chi connectivity index (χ1n) is 18.2. The van der Waals surface area contributed by atoms with E-state index in [1.807, 2.05) is 24.3 Å². The molecule has 0 aliphatic rings. The molecule has 0 heterocycles. The summed E-state index contributed by atoms with van der Waals surface area (Å²) in [4.78, 5) is 27.7. The van der Waals surface area contributed by atoms with E-state index >= 15 is 0 Å². The number of benzene rings is 7. The Balaban J connectivity index is 1.19. The van der Waals surface area contributed by atoms with Gasteiger partial charge in [-0.15, -0.1) is 0 Å². The fourth-order valence-corrected chi connectivity index (χ4v) is 6.39. The molecular formula is C50H40N2O4. The van der Waals surface area contributed by atoms with E-state index in [1.165, 1.54) is 11.1 Å². The number of carbonyl (C=O) groups is 2. The summed E-state index contributed by atoms with van der Waals surface area (Å²) in [6, 6.07) is 57.5. The molecule has 0 spiro atoms. The number of ether oxygens (including phenoxy) is 2. The first kappa shape index (κ1) is 36.9. The monoisotopic (exact) mass is 732 g/mol. The van der Waals surface area contributed by atoms with Gasteiger partial charge in [-0.25, -0.2) is 9.59 Å². The van der Waals surface area contributed by atoms with Crippen molar-refractivity contribution >= 4 is 46.1 Å². The van der Waals surface area contributed by atoms with E-state index in [1.54, 1.807) is 24.3 Å². The van der Waals surface area contributed by atoms with E-state index in [4.69, 9.17) is 9.47 Å². The van der Waals surface area contributed by atoms with Crippen molar-refractivity contribution < 1.29 is 19.1 Å². The molecule has 56 heavy (non-hydrogen) atoms. The van der Waals surface area contributed by atoms with Gasteiger partial charge in [0.1, 0.15) is 11.5 Å². The number of hydrogen-bond donors (Lipinski definition) is 0. The molecule has 0 atom stereocenters. The minimum atomic E-state index is -0.487. The molecular weight excluding hydrogens is 693 g/mol. The lowest BCUT2D eigenvalue weighted by molar-refractivity contribution is -0.129. The zero-order valence-electron chi connectivity index (χ0n) is 31.3. The SMILES string of the molecule is C=CC(=O)Oc1ccc(-c2ccc(N(c3ccc(C)cc3)c3ccc(N(c4ccc(C)cc4)c4ccc(-c5ccc(OC(=O)C=C)cc5)cc4)cc3)cc2)cc1. The molecule has 0 fully saturated rings. The van der Waals surface area contributed by atoms with Gasteiger partial charge in [-0.3, -0.25) is 0 Å². The molecule has 0 N–H and O–H groups in total. The molecule has 0 unspecified atom stereocenters. The van der Waals surface area contributed by atoms with Gasteiger partial charge in [-0.1, -0.05) is 97.1 Å². The summed E-state index contributed by atoms with van der Waals surface area (Å²) in [5.41, 5.74) is 12.6. The fraction of sp³-hybridized carbons (Fsp3) is 0.0400. The standard InChI is InChI=1S/C50H40N2O4/c1-5-49(53)55-47-31-15-39(16-32-47)37-11-23-43(24-12-37)51(41-19-7-35(3)8-20-41)45-27-29-46(30-28-45)52(42-21-9-36(4)10-22-42)44-25-13-38(14-26-44)40-17-33-48(34-18-40)56-50(54)6-2/h5-34H,1-2H2,3-4H3.